The maximum absolute atomic E-state index is 9.95. The summed E-state index contributed by atoms with van der Waals surface area (Å²) in [5.41, 5.74) is 7.28. The highest BCUT2D eigenvalue weighted by Crippen LogP contribution is 2.35. The molecular formula is C12H18N2O4. The molecule has 1 aromatic rings. The largest absolute Gasteiger partial charge is 0.394 e. The summed E-state index contributed by atoms with van der Waals surface area (Å²) in [6.45, 7) is 1.60. The van der Waals surface area contributed by atoms with Gasteiger partial charge in [-0.1, -0.05) is 0 Å². The number of hydrogen-bond donors (Lipinski definition) is 3. The molecule has 1 saturated heterocycles. The first kappa shape index (κ1) is 13.2. The summed E-state index contributed by atoms with van der Waals surface area (Å²) in [5, 5.41) is 19.1. The molecule has 2 heterocycles. The lowest BCUT2D eigenvalue weighted by atomic mass is 10.0. The summed E-state index contributed by atoms with van der Waals surface area (Å²) in [6.07, 6.45) is -0.868. The molecule has 0 spiro atoms. The van der Waals surface area contributed by atoms with Crippen LogP contribution in [-0.4, -0.2) is 47.2 Å². The number of aliphatic hydroxyl groups is 2. The van der Waals surface area contributed by atoms with Crippen molar-refractivity contribution in [3.8, 4) is 0 Å². The number of hydrogen-bond acceptors (Lipinski definition) is 6. The van der Waals surface area contributed by atoms with Gasteiger partial charge in [0.05, 0.1) is 6.61 Å². The minimum Gasteiger partial charge on any atom is -0.394 e. The molecule has 0 amide bonds. The Morgan fingerprint density at radius 2 is 2.28 bits per heavy atom. The van der Waals surface area contributed by atoms with Gasteiger partial charge >= 0.3 is 0 Å². The Balaban J connectivity index is 2.28. The van der Waals surface area contributed by atoms with E-state index in [2.05, 4.69) is 4.98 Å². The van der Waals surface area contributed by atoms with Crippen LogP contribution in [0.1, 0.15) is 17.2 Å². The molecule has 1 aliphatic rings. The van der Waals surface area contributed by atoms with Crippen LogP contribution >= 0.6 is 0 Å². The fraction of sp³-hybridized carbons (Fsp3) is 0.583. The highest BCUT2D eigenvalue weighted by Gasteiger charge is 2.44. The minimum atomic E-state index is -0.858. The molecule has 6 heteroatoms. The Labute approximate surface area is 105 Å². The first-order valence-corrected chi connectivity index (χ1v) is 5.77. The SMILES string of the molecule is CO[C@@H]1[C@H](O)[C@@H](CO)O[C@H]1c1cnc(N)c(C)c1. The monoisotopic (exact) mass is 254 g/mol. The number of nitrogens with two attached hydrogens (primary N) is 1. The molecule has 4 atom stereocenters. The van der Waals surface area contributed by atoms with Crippen molar-refractivity contribution >= 4 is 5.82 Å². The topological polar surface area (TPSA) is 97.8 Å². The van der Waals surface area contributed by atoms with Gasteiger partial charge < -0.3 is 25.4 Å². The van der Waals surface area contributed by atoms with Crippen LogP contribution in [0.5, 0.6) is 0 Å². The number of aliphatic hydroxyl groups excluding tert-OH is 2. The van der Waals surface area contributed by atoms with Crippen LogP contribution in [0.15, 0.2) is 12.3 Å². The summed E-state index contributed by atoms with van der Waals surface area (Å²) in [4.78, 5) is 4.07. The van der Waals surface area contributed by atoms with E-state index in [4.69, 9.17) is 20.3 Å². The van der Waals surface area contributed by atoms with Gasteiger partial charge in [0.2, 0.25) is 0 Å². The normalized spacial score (nSPS) is 31.8. The number of aromatic nitrogens is 1. The summed E-state index contributed by atoms with van der Waals surface area (Å²) in [5.74, 6) is 0.463. The quantitative estimate of drug-likeness (QED) is 0.690. The van der Waals surface area contributed by atoms with Gasteiger partial charge in [-0.2, -0.15) is 0 Å². The molecular weight excluding hydrogens is 236 g/mol. The van der Waals surface area contributed by atoms with E-state index >= 15 is 0 Å². The Hall–Kier alpha value is -1.21. The van der Waals surface area contributed by atoms with E-state index in [0.29, 0.717) is 5.82 Å². The third-order valence-electron chi connectivity index (χ3n) is 3.26. The van der Waals surface area contributed by atoms with E-state index in [0.717, 1.165) is 11.1 Å². The predicted octanol–water partition coefficient (Wildman–Crippen LogP) is -0.220. The molecule has 0 aliphatic carbocycles. The Morgan fingerprint density at radius 1 is 1.56 bits per heavy atom. The van der Waals surface area contributed by atoms with Crippen molar-refractivity contribution in [2.24, 2.45) is 0 Å². The van der Waals surface area contributed by atoms with Gasteiger partial charge in [0, 0.05) is 18.9 Å². The third kappa shape index (κ3) is 2.20. The van der Waals surface area contributed by atoms with Gasteiger partial charge in [0.15, 0.2) is 0 Å². The summed E-state index contributed by atoms with van der Waals surface area (Å²) in [6, 6.07) is 1.85. The molecule has 0 saturated carbocycles. The molecule has 18 heavy (non-hydrogen) atoms. The third-order valence-corrected chi connectivity index (χ3v) is 3.26. The zero-order valence-corrected chi connectivity index (χ0v) is 10.4. The number of rotatable bonds is 3. The molecule has 0 bridgehead atoms. The van der Waals surface area contributed by atoms with Gasteiger partial charge in [-0.05, 0) is 18.6 Å². The van der Waals surface area contributed by atoms with Crippen LogP contribution in [0.2, 0.25) is 0 Å². The number of ether oxygens (including phenoxy) is 2. The van der Waals surface area contributed by atoms with E-state index in [1.807, 2.05) is 13.0 Å². The second-order valence-corrected chi connectivity index (χ2v) is 4.44. The lowest BCUT2D eigenvalue weighted by molar-refractivity contribution is -0.0234. The predicted molar refractivity (Wildman–Crippen MR) is 64.9 cm³/mol. The molecule has 1 aromatic heterocycles. The first-order chi connectivity index (χ1) is 8.58. The Bertz CT molecular complexity index is 427. The number of pyridine rings is 1. The maximum Gasteiger partial charge on any atom is 0.126 e. The summed E-state index contributed by atoms with van der Waals surface area (Å²) in [7, 11) is 1.50. The molecule has 6 nitrogen and oxygen atoms in total. The fourth-order valence-corrected chi connectivity index (χ4v) is 2.18. The molecule has 0 aromatic carbocycles. The highest BCUT2D eigenvalue weighted by molar-refractivity contribution is 5.40. The maximum atomic E-state index is 9.95. The van der Waals surface area contributed by atoms with E-state index < -0.39 is 24.4 Å². The van der Waals surface area contributed by atoms with Crippen LogP contribution in [0.3, 0.4) is 0 Å². The van der Waals surface area contributed by atoms with Crippen molar-refractivity contribution in [2.75, 3.05) is 19.5 Å². The zero-order chi connectivity index (χ0) is 13.3. The van der Waals surface area contributed by atoms with Crippen LogP contribution in [-0.2, 0) is 9.47 Å². The van der Waals surface area contributed by atoms with Crippen molar-refractivity contribution in [1.29, 1.82) is 0 Å². The van der Waals surface area contributed by atoms with E-state index in [-0.39, 0.29) is 6.61 Å². The average molecular weight is 254 g/mol. The van der Waals surface area contributed by atoms with Gasteiger partial charge in [-0.25, -0.2) is 4.98 Å². The second-order valence-electron chi connectivity index (χ2n) is 4.44. The lowest BCUT2D eigenvalue weighted by Crippen LogP contribution is -2.33. The van der Waals surface area contributed by atoms with E-state index in [1.165, 1.54) is 7.11 Å². The van der Waals surface area contributed by atoms with Crippen LogP contribution in [0.4, 0.5) is 5.82 Å². The number of nitrogen functional groups attached to an aromatic ring is 1. The van der Waals surface area contributed by atoms with E-state index in [9.17, 15) is 5.11 Å². The van der Waals surface area contributed by atoms with Crippen molar-refractivity contribution in [2.45, 2.75) is 31.3 Å². The van der Waals surface area contributed by atoms with Crippen molar-refractivity contribution < 1.29 is 19.7 Å². The smallest absolute Gasteiger partial charge is 0.126 e. The van der Waals surface area contributed by atoms with E-state index in [1.54, 1.807) is 6.20 Å². The number of anilines is 1. The van der Waals surface area contributed by atoms with Crippen LogP contribution < -0.4 is 5.73 Å². The number of nitrogens with zero attached hydrogens (tertiary/aromatic N) is 1. The molecule has 0 unspecified atom stereocenters. The van der Waals surface area contributed by atoms with Crippen molar-refractivity contribution in [1.82, 2.24) is 4.98 Å². The first-order valence-electron chi connectivity index (χ1n) is 5.77. The van der Waals surface area contributed by atoms with Crippen LogP contribution in [0.25, 0.3) is 0 Å². The van der Waals surface area contributed by atoms with Gasteiger partial charge in [0.1, 0.15) is 30.2 Å². The Morgan fingerprint density at radius 3 is 2.83 bits per heavy atom. The molecule has 4 N–H and O–H groups in total. The zero-order valence-electron chi connectivity index (χ0n) is 10.4. The summed E-state index contributed by atoms with van der Waals surface area (Å²) >= 11 is 0. The average Bonchev–Trinajstić information content (AvgIpc) is 2.69. The van der Waals surface area contributed by atoms with Crippen LogP contribution in [0, 0.1) is 6.92 Å². The molecule has 1 aliphatic heterocycles. The lowest BCUT2D eigenvalue weighted by Gasteiger charge is -2.19. The van der Waals surface area contributed by atoms with Crippen molar-refractivity contribution in [3.63, 3.8) is 0 Å². The second kappa shape index (κ2) is 5.19. The Kier molecular flexibility index (Phi) is 3.82. The standard InChI is InChI=1S/C12H18N2O4/c1-6-3-7(4-14-12(6)13)10-11(17-2)9(16)8(5-15)18-10/h3-4,8-11,15-16H,5H2,1-2H3,(H2,13,14)/t8-,9-,10+,11-/m1/s1. The van der Waals surface area contributed by atoms with Crippen molar-refractivity contribution in [3.05, 3.63) is 23.4 Å². The number of methoxy groups -OCH3 is 1. The fourth-order valence-electron chi connectivity index (χ4n) is 2.18. The van der Waals surface area contributed by atoms with Gasteiger partial charge in [-0.3, -0.25) is 0 Å². The highest BCUT2D eigenvalue weighted by atomic mass is 16.6. The summed E-state index contributed by atoms with van der Waals surface area (Å²) < 4.78 is 10.8. The van der Waals surface area contributed by atoms with Gasteiger partial charge in [-0.15, -0.1) is 0 Å². The van der Waals surface area contributed by atoms with Gasteiger partial charge in [0.25, 0.3) is 0 Å². The molecule has 1 fully saturated rings. The molecule has 100 valence electrons. The minimum absolute atomic E-state index is 0.251. The molecule has 2 rings (SSSR count). The number of aryl methyl sites for hydroxylation is 1. The molecule has 0 radical (unpaired) electrons.